The SMILES string of the molecule is Cn1c(C2COc3ccccc3O2)nn(CN2CCN(Cc3ccccc3)CC2)c1=S. The standard InChI is InChI=1S/C23H27N5O2S/c1-25-22(21-16-29-19-9-5-6-10-20(19)30-21)24-28(23(25)31)17-27-13-11-26(12-14-27)15-18-7-3-2-4-8-18/h2-10,21H,11-17H2,1H3. The van der Waals surface area contributed by atoms with Gasteiger partial charge in [-0.1, -0.05) is 42.5 Å². The van der Waals surface area contributed by atoms with E-state index in [2.05, 4.69) is 40.1 Å². The lowest BCUT2D eigenvalue weighted by Gasteiger charge is -2.34. The maximum atomic E-state index is 6.14. The first-order valence-corrected chi connectivity index (χ1v) is 11.1. The summed E-state index contributed by atoms with van der Waals surface area (Å²) in [6.45, 7) is 6.19. The topological polar surface area (TPSA) is 47.7 Å². The molecule has 0 aliphatic carbocycles. The molecule has 8 heteroatoms. The number of ether oxygens (including phenoxy) is 2. The van der Waals surface area contributed by atoms with Crippen molar-refractivity contribution in [3.8, 4) is 11.5 Å². The van der Waals surface area contributed by atoms with Gasteiger partial charge in [-0.2, -0.15) is 5.10 Å². The van der Waals surface area contributed by atoms with Crippen LogP contribution in [0, 0.1) is 4.77 Å². The molecule has 162 valence electrons. The number of para-hydroxylation sites is 2. The van der Waals surface area contributed by atoms with Gasteiger partial charge in [0.25, 0.3) is 0 Å². The van der Waals surface area contributed by atoms with Crippen LogP contribution in [0.25, 0.3) is 0 Å². The van der Waals surface area contributed by atoms with Gasteiger partial charge in [0.15, 0.2) is 28.2 Å². The first kappa shape index (κ1) is 20.2. The summed E-state index contributed by atoms with van der Waals surface area (Å²) in [6, 6.07) is 18.4. The zero-order valence-corrected chi connectivity index (χ0v) is 18.5. The summed E-state index contributed by atoms with van der Waals surface area (Å²) in [5, 5.41) is 4.80. The molecule has 1 unspecified atom stereocenters. The number of piperazine rings is 1. The molecule has 31 heavy (non-hydrogen) atoms. The number of rotatable bonds is 5. The summed E-state index contributed by atoms with van der Waals surface area (Å²) in [4.78, 5) is 4.90. The fraction of sp³-hybridized carbons (Fsp3) is 0.391. The van der Waals surface area contributed by atoms with Crippen LogP contribution >= 0.6 is 12.2 Å². The first-order chi connectivity index (χ1) is 15.2. The number of benzene rings is 2. The van der Waals surface area contributed by atoms with Crippen LogP contribution in [0.15, 0.2) is 54.6 Å². The van der Waals surface area contributed by atoms with Crippen LogP contribution in [0.2, 0.25) is 0 Å². The van der Waals surface area contributed by atoms with Crippen molar-refractivity contribution in [2.24, 2.45) is 7.05 Å². The third kappa shape index (κ3) is 4.37. The monoisotopic (exact) mass is 437 g/mol. The van der Waals surface area contributed by atoms with Crippen LogP contribution in [0.1, 0.15) is 17.5 Å². The van der Waals surface area contributed by atoms with E-state index >= 15 is 0 Å². The van der Waals surface area contributed by atoms with E-state index in [-0.39, 0.29) is 6.10 Å². The molecule has 2 aromatic carbocycles. The van der Waals surface area contributed by atoms with E-state index in [9.17, 15) is 0 Å². The second-order valence-electron chi connectivity index (χ2n) is 8.08. The van der Waals surface area contributed by atoms with Crippen molar-refractivity contribution in [3.05, 3.63) is 70.8 Å². The Morgan fingerprint density at radius 3 is 2.39 bits per heavy atom. The zero-order chi connectivity index (χ0) is 21.2. The lowest BCUT2D eigenvalue weighted by atomic mass is 10.2. The van der Waals surface area contributed by atoms with Crippen LogP contribution in [0.5, 0.6) is 11.5 Å². The lowest BCUT2D eigenvalue weighted by Crippen LogP contribution is -2.46. The number of fused-ring (bicyclic) bond motifs is 1. The predicted octanol–water partition coefficient (Wildman–Crippen LogP) is 3.24. The van der Waals surface area contributed by atoms with Crippen LogP contribution in [-0.2, 0) is 20.3 Å². The highest BCUT2D eigenvalue weighted by atomic mass is 32.1. The average molecular weight is 438 g/mol. The smallest absolute Gasteiger partial charge is 0.198 e. The fourth-order valence-electron chi connectivity index (χ4n) is 4.14. The van der Waals surface area contributed by atoms with E-state index in [4.69, 9.17) is 26.8 Å². The third-order valence-electron chi connectivity index (χ3n) is 5.92. The fourth-order valence-corrected chi connectivity index (χ4v) is 4.34. The molecule has 3 aromatic rings. The summed E-state index contributed by atoms with van der Waals surface area (Å²) in [5.74, 6) is 2.31. The maximum absolute atomic E-state index is 6.14. The van der Waals surface area contributed by atoms with Crippen LogP contribution in [0.4, 0.5) is 0 Å². The van der Waals surface area contributed by atoms with Crippen molar-refractivity contribution in [2.75, 3.05) is 32.8 Å². The quantitative estimate of drug-likeness (QED) is 0.571. The Kier molecular flexibility index (Phi) is 5.76. The maximum Gasteiger partial charge on any atom is 0.198 e. The molecule has 0 radical (unpaired) electrons. The van der Waals surface area contributed by atoms with Gasteiger partial charge in [0.05, 0.1) is 6.67 Å². The van der Waals surface area contributed by atoms with Crippen molar-refractivity contribution >= 4 is 12.2 Å². The van der Waals surface area contributed by atoms with E-state index in [1.54, 1.807) is 0 Å². The van der Waals surface area contributed by atoms with E-state index < -0.39 is 0 Å². The molecule has 2 aliphatic heterocycles. The van der Waals surface area contributed by atoms with Crippen molar-refractivity contribution in [1.29, 1.82) is 0 Å². The van der Waals surface area contributed by atoms with Crippen molar-refractivity contribution < 1.29 is 9.47 Å². The largest absolute Gasteiger partial charge is 0.485 e. The van der Waals surface area contributed by atoms with Gasteiger partial charge in [-0.05, 0) is 29.9 Å². The van der Waals surface area contributed by atoms with Gasteiger partial charge >= 0.3 is 0 Å². The molecule has 1 aromatic heterocycles. The van der Waals surface area contributed by atoms with Gasteiger partial charge in [0.1, 0.15) is 6.61 Å². The second kappa shape index (κ2) is 8.82. The van der Waals surface area contributed by atoms with Crippen molar-refractivity contribution in [1.82, 2.24) is 24.1 Å². The van der Waals surface area contributed by atoms with Gasteiger partial charge < -0.3 is 14.0 Å². The highest BCUT2D eigenvalue weighted by Gasteiger charge is 2.28. The Labute approximate surface area is 187 Å². The molecule has 0 spiro atoms. The van der Waals surface area contributed by atoms with E-state index in [1.165, 1.54) is 5.56 Å². The summed E-state index contributed by atoms with van der Waals surface area (Å²) in [6.07, 6.45) is -0.273. The highest BCUT2D eigenvalue weighted by molar-refractivity contribution is 7.71. The predicted molar refractivity (Wildman–Crippen MR) is 121 cm³/mol. The van der Waals surface area contributed by atoms with Gasteiger partial charge in [0.2, 0.25) is 0 Å². The van der Waals surface area contributed by atoms with Gasteiger partial charge in [-0.3, -0.25) is 9.80 Å². The summed E-state index contributed by atoms with van der Waals surface area (Å²) < 4.78 is 16.5. The molecule has 1 saturated heterocycles. The van der Waals surface area contributed by atoms with Crippen molar-refractivity contribution in [3.63, 3.8) is 0 Å². The molecule has 1 atom stereocenters. The molecule has 2 aliphatic rings. The Bertz CT molecular complexity index is 1090. The molecule has 7 nitrogen and oxygen atoms in total. The first-order valence-electron chi connectivity index (χ1n) is 10.7. The molecule has 3 heterocycles. The zero-order valence-electron chi connectivity index (χ0n) is 17.7. The number of hydrogen-bond donors (Lipinski definition) is 0. The molecule has 0 amide bonds. The summed E-state index contributed by atoms with van der Waals surface area (Å²) in [5.41, 5.74) is 1.36. The van der Waals surface area contributed by atoms with E-state index in [0.29, 0.717) is 18.0 Å². The minimum atomic E-state index is -0.273. The summed E-state index contributed by atoms with van der Waals surface area (Å²) in [7, 11) is 1.95. The number of aromatic nitrogens is 3. The van der Waals surface area contributed by atoms with Gasteiger partial charge in [0, 0.05) is 39.8 Å². The Balaban J connectivity index is 1.22. The highest BCUT2D eigenvalue weighted by Crippen LogP contribution is 2.35. The third-order valence-corrected chi connectivity index (χ3v) is 6.40. The Hall–Kier alpha value is -2.68. The van der Waals surface area contributed by atoms with Gasteiger partial charge in [-0.25, -0.2) is 4.68 Å². The molecule has 1 fully saturated rings. The molecule has 5 rings (SSSR count). The lowest BCUT2D eigenvalue weighted by molar-refractivity contribution is 0.0804. The summed E-state index contributed by atoms with van der Waals surface area (Å²) >= 11 is 5.67. The van der Waals surface area contributed by atoms with Crippen molar-refractivity contribution in [2.45, 2.75) is 19.3 Å². The second-order valence-corrected chi connectivity index (χ2v) is 8.45. The Morgan fingerprint density at radius 2 is 1.61 bits per heavy atom. The normalized spacial score (nSPS) is 19.5. The minimum Gasteiger partial charge on any atom is -0.485 e. The Morgan fingerprint density at radius 1 is 0.935 bits per heavy atom. The van der Waals surface area contributed by atoms with Crippen LogP contribution in [0.3, 0.4) is 0 Å². The average Bonchev–Trinajstić information content (AvgIpc) is 3.09. The molecule has 0 N–H and O–H groups in total. The number of hydrogen-bond acceptors (Lipinski definition) is 6. The number of nitrogens with zero attached hydrogens (tertiary/aromatic N) is 5. The van der Waals surface area contributed by atoms with E-state index in [0.717, 1.165) is 50.0 Å². The van der Waals surface area contributed by atoms with Gasteiger partial charge in [-0.15, -0.1) is 0 Å². The van der Waals surface area contributed by atoms with Crippen LogP contribution < -0.4 is 9.47 Å². The molecular formula is C23H27N5O2S. The van der Waals surface area contributed by atoms with Crippen LogP contribution in [-0.4, -0.2) is 56.9 Å². The molecule has 0 saturated carbocycles. The van der Waals surface area contributed by atoms with E-state index in [1.807, 2.05) is 40.6 Å². The minimum absolute atomic E-state index is 0.273. The molecule has 0 bridgehead atoms. The molecular weight excluding hydrogens is 410 g/mol.